The number of amides is 1. The molecule has 1 aromatic rings. The maximum absolute atomic E-state index is 12.9. The topological polar surface area (TPSA) is 64.8 Å². The maximum atomic E-state index is 12.9. The van der Waals surface area contributed by atoms with E-state index in [2.05, 4.69) is 6.92 Å². The number of hydrogen-bond acceptors (Lipinski definition) is 4. The molecule has 4 atom stereocenters. The third-order valence-electron chi connectivity index (χ3n) is 4.71. The first-order valence-electron chi connectivity index (χ1n) is 7.97. The zero-order valence-electron chi connectivity index (χ0n) is 13.0. The number of rotatable bonds is 3. The van der Waals surface area contributed by atoms with Crippen LogP contribution >= 0.6 is 0 Å². The highest BCUT2D eigenvalue weighted by Crippen LogP contribution is 2.30. The first kappa shape index (κ1) is 15.5. The molecule has 1 aromatic carbocycles. The molecule has 2 heterocycles. The van der Waals surface area contributed by atoms with Crippen LogP contribution in [0.4, 0.5) is 0 Å². The predicted octanol–water partition coefficient (Wildman–Crippen LogP) is 1.20. The lowest BCUT2D eigenvalue weighted by Crippen LogP contribution is -2.46. The molecule has 0 aliphatic carbocycles. The minimum absolute atomic E-state index is 0.0244. The molecular weight excluding hydrogens is 280 g/mol. The van der Waals surface area contributed by atoms with E-state index in [1.54, 1.807) is 0 Å². The zero-order valence-corrected chi connectivity index (χ0v) is 13.0. The van der Waals surface area contributed by atoms with Crippen LogP contribution in [0.15, 0.2) is 30.3 Å². The molecule has 3 rings (SSSR count). The lowest BCUT2D eigenvalue weighted by atomic mass is 9.99. The van der Waals surface area contributed by atoms with Gasteiger partial charge in [0.25, 0.3) is 5.91 Å². The molecule has 22 heavy (non-hydrogen) atoms. The maximum Gasteiger partial charge on any atom is 0.254 e. The standard InChI is InChI=1S/C17H24N2O3/c1-12-10-19(11-14(12)9-18)17(20)16-15(21-7-8-22-16)13-5-3-2-4-6-13/h2-6,12,14-16H,7-11,18H2,1H3/t12?,14?,15-,16-/m1/s1. The monoisotopic (exact) mass is 304 g/mol. The van der Waals surface area contributed by atoms with Crippen LogP contribution in [0.5, 0.6) is 0 Å². The van der Waals surface area contributed by atoms with Crippen molar-refractivity contribution in [3.63, 3.8) is 0 Å². The molecule has 0 saturated carbocycles. The van der Waals surface area contributed by atoms with Gasteiger partial charge in [-0.1, -0.05) is 37.3 Å². The minimum Gasteiger partial charge on any atom is -0.368 e. The Bertz CT molecular complexity index is 508. The zero-order chi connectivity index (χ0) is 15.5. The summed E-state index contributed by atoms with van der Waals surface area (Å²) in [7, 11) is 0. The molecule has 0 bridgehead atoms. The Labute approximate surface area is 131 Å². The van der Waals surface area contributed by atoms with Crippen molar-refractivity contribution in [2.45, 2.75) is 19.1 Å². The third kappa shape index (κ3) is 3.02. The average molecular weight is 304 g/mol. The molecule has 2 unspecified atom stereocenters. The molecular formula is C17H24N2O3. The number of carbonyl (C=O) groups excluding carboxylic acids is 1. The van der Waals surface area contributed by atoms with Crippen LogP contribution in [-0.4, -0.2) is 49.8 Å². The second-order valence-corrected chi connectivity index (χ2v) is 6.21. The van der Waals surface area contributed by atoms with Gasteiger partial charge >= 0.3 is 0 Å². The van der Waals surface area contributed by atoms with Crippen molar-refractivity contribution in [1.82, 2.24) is 4.90 Å². The number of nitrogens with zero attached hydrogens (tertiary/aromatic N) is 1. The molecule has 5 nitrogen and oxygen atoms in total. The van der Waals surface area contributed by atoms with Crippen LogP contribution in [0, 0.1) is 11.8 Å². The van der Waals surface area contributed by atoms with E-state index >= 15 is 0 Å². The minimum atomic E-state index is -0.556. The van der Waals surface area contributed by atoms with Gasteiger partial charge in [0.15, 0.2) is 6.10 Å². The summed E-state index contributed by atoms with van der Waals surface area (Å²) < 4.78 is 11.6. The first-order valence-corrected chi connectivity index (χ1v) is 7.97. The first-order chi connectivity index (χ1) is 10.7. The fraction of sp³-hybridized carbons (Fsp3) is 0.588. The lowest BCUT2D eigenvalue weighted by Gasteiger charge is -2.33. The Balaban J connectivity index is 1.75. The van der Waals surface area contributed by atoms with Crippen LogP contribution in [-0.2, 0) is 14.3 Å². The molecule has 2 aliphatic heterocycles. The molecule has 1 amide bonds. The van der Waals surface area contributed by atoms with Crippen molar-refractivity contribution in [2.75, 3.05) is 32.8 Å². The van der Waals surface area contributed by atoms with Crippen molar-refractivity contribution < 1.29 is 14.3 Å². The van der Waals surface area contributed by atoms with Crippen LogP contribution < -0.4 is 5.73 Å². The summed E-state index contributed by atoms with van der Waals surface area (Å²) in [6.07, 6.45) is -0.880. The van der Waals surface area contributed by atoms with Crippen LogP contribution in [0.3, 0.4) is 0 Å². The van der Waals surface area contributed by atoms with Gasteiger partial charge in [-0.05, 0) is 23.9 Å². The molecule has 2 N–H and O–H groups in total. The van der Waals surface area contributed by atoms with Gasteiger partial charge < -0.3 is 20.1 Å². The van der Waals surface area contributed by atoms with Crippen molar-refractivity contribution in [3.05, 3.63) is 35.9 Å². The highest BCUT2D eigenvalue weighted by atomic mass is 16.6. The average Bonchev–Trinajstić information content (AvgIpc) is 2.96. The van der Waals surface area contributed by atoms with Gasteiger partial charge in [0.1, 0.15) is 6.10 Å². The van der Waals surface area contributed by atoms with E-state index < -0.39 is 6.10 Å². The molecule has 0 radical (unpaired) electrons. The lowest BCUT2D eigenvalue weighted by molar-refractivity contribution is -0.175. The van der Waals surface area contributed by atoms with Crippen molar-refractivity contribution in [3.8, 4) is 0 Å². The van der Waals surface area contributed by atoms with E-state index in [0.29, 0.717) is 31.6 Å². The molecule has 2 aliphatic rings. The van der Waals surface area contributed by atoms with Crippen molar-refractivity contribution >= 4 is 5.91 Å². The fourth-order valence-corrected chi connectivity index (χ4v) is 3.34. The summed E-state index contributed by atoms with van der Waals surface area (Å²) in [5.41, 5.74) is 6.78. The van der Waals surface area contributed by atoms with Crippen LogP contribution in [0.2, 0.25) is 0 Å². The fourth-order valence-electron chi connectivity index (χ4n) is 3.34. The highest BCUT2D eigenvalue weighted by molar-refractivity contribution is 5.82. The molecule has 120 valence electrons. The summed E-state index contributed by atoms with van der Waals surface area (Å²) in [5, 5.41) is 0. The molecule has 0 aromatic heterocycles. The summed E-state index contributed by atoms with van der Waals surface area (Å²) in [4.78, 5) is 14.8. The Morgan fingerprint density at radius 1 is 1.23 bits per heavy atom. The van der Waals surface area contributed by atoms with Crippen LogP contribution in [0.25, 0.3) is 0 Å². The number of carbonyl (C=O) groups is 1. The summed E-state index contributed by atoms with van der Waals surface area (Å²) in [6.45, 7) is 5.22. The van der Waals surface area contributed by atoms with Gasteiger partial charge in [0.2, 0.25) is 0 Å². The molecule has 2 saturated heterocycles. The van der Waals surface area contributed by atoms with Crippen molar-refractivity contribution in [1.29, 1.82) is 0 Å². The van der Waals surface area contributed by atoms with Gasteiger partial charge in [0, 0.05) is 13.1 Å². The largest absolute Gasteiger partial charge is 0.368 e. The van der Waals surface area contributed by atoms with Gasteiger partial charge in [0.05, 0.1) is 13.2 Å². The summed E-state index contributed by atoms with van der Waals surface area (Å²) in [5.74, 6) is 0.841. The predicted molar refractivity (Wildman–Crippen MR) is 83.2 cm³/mol. The highest BCUT2D eigenvalue weighted by Gasteiger charge is 2.40. The molecule has 0 spiro atoms. The number of nitrogens with two attached hydrogens (primary N) is 1. The summed E-state index contributed by atoms with van der Waals surface area (Å²) in [6, 6.07) is 9.83. The Kier molecular flexibility index (Phi) is 4.76. The van der Waals surface area contributed by atoms with Crippen molar-refractivity contribution in [2.24, 2.45) is 17.6 Å². The quantitative estimate of drug-likeness (QED) is 0.911. The van der Waals surface area contributed by atoms with E-state index in [9.17, 15) is 4.79 Å². The molecule has 5 heteroatoms. The Hall–Kier alpha value is -1.43. The van der Waals surface area contributed by atoms with Gasteiger partial charge in [-0.2, -0.15) is 0 Å². The second-order valence-electron chi connectivity index (χ2n) is 6.21. The van der Waals surface area contributed by atoms with Gasteiger partial charge in [-0.15, -0.1) is 0 Å². The normalized spacial score (nSPS) is 32.2. The van der Waals surface area contributed by atoms with Gasteiger partial charge in [-0.25, -0.2) is 0 Å². The number of benzene rings is 1. The summed E-state index contributed by atoms with van der Waals surface area (Å²) >= 11 is 0. The van der Waals surface area contributed by atoms with E-state index in [0.717, 1.165) is 18.7 Å². The van der Waals surface area contributed by atoms with E-state index in [1.807, 2.05) is 35.2 Å². The third-order valence-corrected chi connectivity index (χ3v) is 4.71. The molecule has 2 fully saturated rings. The van der Waals surface area contributed by atoms with E-state index in [4.69, 9.17) is 15.2 Å². The van der Waals surface area contributed by atoms with E-state index in [-0.39, 0.29) is 12.0 Å². The SMILES string of the molecule is CC1CN(C(=O)[C@@H]2OCCO[C@@H]2c2ccccc2)CC1CN. The van der Waals surface area contributed by atoms with Gasteiger partial charge in [-0.3, -0.25) is 4.79 Å². The van der Waals surface area contributed by atoms with E-state index in [1.165, 1.54) is 0 Å². The Morgan fingerprint density at radius 3 is 2.64 bits per heavy atom. The number of ether oxygens (including phenoxy) is 2. The van der Waals surface area contributed by atoms with Crippen LogP contribution in [0.1, 0.15) is 18.6 Å². The number of hydrogen-bond donors (Lipinski definition) is 1. The Morgan fingerprint density at radius 2 is 1.95 bits per heavy atom. The number of likely N-dealkylation sites (tertiary alicyclic amines) is 1. The smallest absolute Gasteiger partial charge is 0.254 e. The second kappa shape index (κ2) is 6.77.